The van der Waals surface area contributed by atoms with Crippen molar-refractivity contribution in [3.8, 4) is 5.69 Å². The van der Waals surface area contributed by atoms with Crippen LogP contribution in [-0.4, -0.2) is 22.5 Å². The SMILES string of the molecule is CCC(CC)c1ccc(C2COC(=O)O2)cc1-n1ccc(C)n1. The van der Waals surface area contributed by atoms with Gasteiger partial charge in [0, 0.05) is 6.20 Å². The van der Waals surface area contributed by atoms with E-state index in [2.05, 4.69) is 31.1 Å². The summed E-state index contributed by atoms with van der Waals surface area (Å²) in [6.45, 7) is 6.64. The summed E-state index contributed by atoms with van der Waals surface area (Å²) in [4.78, 5) is 11.2. The molecule has 0 saturated carbocycles. The molecule has 23 heavy (non-hydrogen) atoms. The average Bonchev–Trinajstić information content (AvgIpc) is 3.17. The quantitative estimate of drug-likeness (QED) is 0.772. The molecule has 1 aromatic heterocycles. The maximum absolute atomic E-state index is 11.2. The number of aryl methyl sites for hydroxylation is 1. The van der Waals surface area contributed by atoms with Crippen LogP contribution in [-0.2, 0) is 9.47 Å². The molecule has 1 aromatic carbocycles. The maximum Gasteiger partial charge on any atom is 0.509 e. The van der Waals surface area contributed by atoms with Gasteiger partial charge in [-0.05, 0) is 48.9 Å². The molecule has 1 fully saturated rings. The van der Waals surface area contributed by atoms with Crippen molar-refractivity contribution in [1.82, 2.24) is 9.78 Å². The first-order chi connectivity index (χ1) is 11.1. The third-order valence-corrected chi connectivity index (χ3v) is 4.41. The number of benzene rings is 1. The summed E-state index contributed by atoms with van der Waals surface area (Å²) in [6.07, 6.45) is 3.18. The monoisotopic (exact) mass is 314 g/mol. The molecule has 5 nitrogen and oxygen atoms in total. The molecule has 0 amide bonds. The Labute approximate surface area is 136 Å². The molecule has 0 radical (unpaired) electrons. The van der Waals surface area contributed by atoms with Crippen LogP contribution in [0.5, 0.6) is 0 Å². The standard InChI is InChI=1S/C18H22N2O3/c1-4-13(5-2)15-7-6-14(17-11-22-18(21)23-17)10-16(15)20-9-8-12(3)19-20/h6-10,13,17H,4-5,11H2,1-3H3. The van der Waals surface area contributed by atoms with Gasteiger partial charge in [0.2, 0.25) is 0 Å². The van der Waals surface area contributed by atoms with Crippen LogP contribution in [0.2, 0.25) is 0 Å². The van der Waals surface area contributed by atoms with Crippen LogP contribution in [0.15, 0.2) is 30.5 Å². The zero-order valence-corrected chi connectivity index (χ0v) is 13.8. The van der Waals surface area contributed by atoms with Gasteiger partial charge in [-0.2, -0.15) is 5.10 Å². The normalized spacial score (nSPS) is 17.4. The highest BCUT2D eigenvalue weighted by atomic mass is 16.8. The lowest BCUT2D eigenvalue weighted by Gasteiger charge is -2.19. The average molecular weight is 314 g/mol. The molecule has 0 N–H and O–H groups in total. The number of hydrogen-bond donors (Lipinski definition) is 0. The number of carbonyl (C=O) groups is 1. The van der Waals surface area contributed by atoms with E-state index >= 15 is 0 Å². The van der Waals surface area contributed by atoms with Crippen LogP contribution in [0.4, 0.5) is 4.79 Å². The zero-order chi connectivity index (χ0) is 16.4. The van der Waals surface area contributed by atoms with Crippen LogP contribution in [0.25, 0.3) is 5.69 Å². The second kappa shape index (κ2) is 6.44. The Bertz CT molecular complexity index is 704. The molecular weight excluding hydrogens is 292 g/mol. The van der Waals surface area contributed by atoms with Crippen molar-refractivity contribution in [3.05, 3.63) is 47.3 Å². The predicted molar refractivity (Wildman–Crippen MR) is 86.8 cm³/mol. The van der Waals surface area contributed by atoms with Crippen molar-refractivity contribution in [2.45, 2.75) is 45.6 Å². The molecule has 1 unspecified atom stereocenters. The number of cyclic esters (lactones) is 2. The van der Waals surface area contributed by atoms with Gasteiger partial charge >= 0.3 is 6.16 Å². The van der Waals surface area contributed by atoms with Gasteiger partial charge in [-0.15, -0.1) is 0 Å². The van der Waals surface area contributed by atoms with Crippen LogP contribution >= 0.6 is 0 Å². The van der Waals surface area contributed by atoms with Crippen molar-refractivity contribution in [1.29, 1.82) is 0 Å². The summed E-state index contributed by atoms with van der Waals surface area (Å²) in [5, 5.41) is 4.55. The minimum absolute atomic E-state index is 0.265. The van der Waals surface area contributed by atoms with E-state index in [9.17, 15) is 4.79 Å². The lowest BCUT2D eigenvalue weighted by atomic mass is 9.91. The fourth-order valence-corrected chi connectivity index (χ4v) is 3.07. The van der Waals surface area contributed by atoms with Crippen molar-refractivity contribution in [2.75, 3.05) is 6.61 Å². The number of ether oxygens (including phenoxy) is 2. The Morgan fingerprint density at radius 1 is 1.30 bits per heavy atom. The van der Waals surface area contributed by atoms with Crippen molar-refractivity contribution < 1.29 is 14.3 Å². The van der Waals surface area contributed by atoms with Gasteiger partial charge in [-0.25, -0.2) is 9.48 Å². The van der Waals surface area contributed by atoms with Crippen LogP contribution in [0, 0.1) is 6.92 Å². The first kappa shape index (κ1) is 15.6. The maximum atomic E-state index is 11.2. The Hall–Kier alpha value is -2.30. The van der Waals surface area contributed by atoms with E-state index in [-0.39, 0.29) is 12.7 Å². The summed E-state index contributed by atoms with van der Waals surface area (Å²) in [5.41, 5.74) is 4.23. The molecule has 0 bridgehead atoms. The van der Waals surface area contributed by atoms with Gasteiger partial charge in [0.15, 0.2) is 6.10 Å². The summed E-state index contributed by atoms with van der Waals surface area (Å²) in [7, 11) is 0. The molecule has 1 saturated heterocycles. The first-order valence-corrected chi connectivity index (χ1v) is 8.12. The Balaban J connectivity index is 2.05. The van der Waals surface area contributed by atoms with Crippen molar-refractivity contribution >= 4 is 6.16 Å². The topological polar surface area (TPSA) is 53.4 Å². The fourth-order valence-electron chi connectivity index (χ4n) is 3.07. The molecule has 2 aromatic rings. The Kier molecular flexibility index (Phi) is 4.37. The molecule has 1 aliphatic heterocycles. The summed E-state index contributed by atoms with van der Waals surface area (Å²) in [6, 6.07) is 8.21. The van der Waals surface area contributed by atoms with Gasteiger partial charge in [0.05, 0.1) is 11.4 Å². The van der Waals surface area contributed by atoms with E-state index in [1.165, 1.54) is 5.56 Å². The molecule has 3 rings (SSSR count). The van der Waals surface area contributed by atoms with Crippen LogP contribution in [0.3, 0.4) is 0 Å². The lowest BCUT2D eigenvalue weighted by Crippen LogP contribution is -2.08. The smallest absolute Gasteiger partial charge is 0.430 e. The number of nitrogens with zero attached hydrogens (tertiary/aromatic N) is 2. The highest BCUT2D eigenvalue weighted by molar-refractivity contribution is 5.62. The first-order valence-electron chi connectivity index (χ1n) is 8.12. The molecular formula is C18H22N2O3. The molecule has 122 valence electrons. The zero-order valence-electron chi connectivity index (χ0n) is 13.8. The largest absolute Gasteiger partial charge is 0.509 e. The summed E-state index contributed by atoms with van der Waals surface area (Å²) >= 11 is 0. The van der Waals surface area contributed by atoms with E-state index in [0.717, 1.165) is 29.8 Å². The number of rotatable bonds is 5. The molecule has 1 atom stereocenters. The third kappa shape index (κ3) is 3.09. The molecule has 0 spiro atoms. The van der Waals surface area contributed by atoms with E-state index < -0.39 is 6.16 Å². The van der Waals surface area contributed by atoms with Gasteiger partial charge in [0.1, 0.15) is 6.61 Å². The molecule has 5 heteroatoms. The summed E-state index contributed by atoms with van der Waals surface area (Å²) in [5.74, 6) is 0.478. The fraction of sp³-hybridized carbons (Fsp3) is 0.444. The van der Waals surface area contributed by atoms with Crippen LogP contribution < -0.4 is 0 Å². The Morgan fingerprint density at radius 3 is 2.65 bits per heavy atom. The number of aromatic nitrogens is 2. The van der Waals surface area contributed by atoms with E-state index in [0.29, 0.717) is 5.92 Å². The van der Waals surface area contributed by atoms with Crippen molar-refractivity contribution in [2.24, 2.45) is 0 Å². The second-order valence-electron chi connectivity index (χ2n) is 5.90. The van der Waals surface area contributed by atoms with Gasteiger partial charge < -0.3 is 9.47 Å². The molecule has 0 aliphatic carbocycles. The summed E-state index contributed by atoms with van der Waals surface area (Å²) < 4.78 is 12.0. The van der Waals surface area contributed by atoms with Gasteiger partial charge in [0.25, 0.3) is 0 Å². The Morgan fingerprint density at radius 2 is 2.09 bits per heavy atom. The highest BCUT2D eigenvalue weighted by Crippen LogP contribution is 2.32. The molecule has 1 aliphatic rings. The van der Waals surface area contributed by atoms with Crippen LogP contribution in [0.1, 0.15) is 55.5 Å². The van der Waals surface area contributed by atoms with E-state index in [1.54, 1.807) is 0 Å². The highest BCUT2D eigenvalue weighted by Gasteiger charge is 2.27. The van der Waals surface area contributed by atoms with Gasteiger partial charge in [-0.3, -0.25) is 0 Å². The number of carbonyl (C=O) groups excluding carboxylic acids is 1. The van der Waals surface area contributed by atoms with E-state index in [1.807, 2.05) is 29.9 Å². The van der Waals surface area contributed by atoms with E-state index in [4.69, 9.17) is 9.47 Å². The minimum atomic E-state index is -0.601. The van der Waals surface area contributed by atoms with Crippen molar-refractivity contribution in [3.63, 3.8) is 0 Å². The third-order valence-electron chi connectivity index (χ3n) is 4.41. The number of hydrogen-bond acceptors (Lipinski definition) is 4. The minimum Gasteiger partial charge on any atom is -0.430 e. The molecule has 2 heterocycles. The lowest BCUT2D eigenvalue weighted by molar-refractivity contribution is 0.118. The second-order valence-corrected chi connectivity index (χ2v) is 5.90. The van der Waals surface area contributed by atoms with Gasteiger partial charge in [-0.1, -0.05) is 26.0 Å². The predicted octanol–water partition coefficient (Wildman–Crippen LogP) is 4.29.